The van der Waals surface area contributed by atoms with Gasteiger partial charge in [-0.3, -0.25) is 4.79 Å². The Kier molecular flexibility index (Phi) is 5.33. The molecule has 0 bridgehead atoms. The summed E-state index contributed by atoms with van der Waals surface area (Å²) in [6.07, 6.45) is 3.31. The normalized spacial score (nSPS) is 12.1. The lowest BCUT2D eigenvalue weighted by atomic mass is 10.1. The summed E-state index contributed by atoms with van der Waals surface area (Å²) in [6.45, 7) is 0. The molecule has 0 saturated heterocycles. The number of carbonyl (C=O) groups is 1. The minimum Gasteiger partial charge on any atom is -0.338 e. The van der Waals surface area contributed by atoms with Crippen LogP contribution in [0, 0.1) is 0 Å². The number of amides is 1. The fourth-order valence-corrected chi connectivity index (χ4v) is 4.02. The predicted octanol–water partition coefficient (Wildman–Crippen LogP) is 5.04. The number of aromatic nitrogens is 4. The highest BCUT2D eigenvalue weighted by atomic mass is 79.9. The number of para-hydroxylation sites is 2. The maximum atomic E-state index is 13.2. The molecule has 1 amide bonds. The van der Waals surface area contributed by atoms with Gasteiger partial charge in [-0.05, 0) is 42.0 Å². The second kappa shape index (κ2) is 8.43. The van der Waals surface area contributed by atoms with E-state index in [4.69, 9.17) is 4.98 Å². The second-order valence-corrected chi connectivity index (χ2v) is 8.40. The summed E-state index contributed by atoms with van der Waals surface area (Å²) in [5.74, 6) is 0.556. The zero-order valence-corrected chi connectivity index (χ0v) is 18.9. The van der Waals surface area contributed by atoms with Crippen LogP contribution in [0.2, 0.25) is 0 Å². The molecule has 32 heavy (non-hydrogen) atoms. The number of rotatable bonds is 5. The summed E-state index contributed by atoms with van der Waals surface area (Å²) in [6, 6.07) is 25.2. The van der Waals surface area contributed by atoms with Crippen LogP contribution in [0.5, 0.6) is 0 Å². The maximum absolute atomic E-state index is 13.2. The molecule has 1 atom stereocenters. The zero-order chi connectivity index (χ0) is 22.1. The Morgan fingerprint density at radius 1 is 0.969 bits per heavy atom. The fourth-order valence-electron chi connectivity index (χ4n) is 3.75. The zero-order valence-electron chi connectivity index (χ0n) is 17.3. The van der Waals surface area contributed by atoms with E-state index in [0.717, 1.165) is 32.6 Å². The van der Waals surface area contributed by atoms with Gasteiger partial charge in [0.25, 0.3) is 5.91 Å². The van der Waals surface area contributed by atoms with Gasteiger partial charge in [-0.2, -0.15) is 5.10 Å². The smallest absolute Gasteiger partial charge is 0.255 e. The molecule has 0 aliphatic heterocycles. The van der Waals surface area contributed by atoms with E-state index in [1.807, 2.05) is 90.5 Å². The van der Waals surface area contributed by atoms with Gasteiger partial charge in [-0.15, -0.1) is 0 Å². The van der Waals surface area contributed by atoms with E-state index in [1.54, 1.807) is 17.1 Å². The number of hydrogen-bond acceptors (Lipinski definition) is 3. The number of hydrogen-bond donors (Lipinski definition) is 1. The molecule has 1 N–H and O–H groups in total. The van der Waals surface area contributed by atoms with E-state index in [2.05, 4.69) is 26.3 Å². The van der Waals surface area contributed by atoms with E-state index in [-0.39, 0.29) is 5.91 Å². The molecule has 2 heterocycles. The summed E-state index contributed by atoms with van der Waals surface area (Å²) in [5, 5.41) is 7.52. The number of aryl methyl sites for hydroxylation is 1. The monoisotopic (exact) mass is 485 g/mol. The van der Waals surface area contributed by atoms with Gasteiger partial charge >= 0.3 is 0 Å². The van der Waals surface area contributed by atoms with E-state index in [0.29, 0.717) is 5.56 Å². The van der Waals surface area contributed by atoms with Crippen LogP contribution in [0.15, 0.2) is 95.7 Å². The molecule has 0 aliphatic carbocycles. The van der Waals surface area contributed by atoms with Crippen molar-refractivity contribution in [3.8, 4) is 5.69 Å². The molecule has 0 saturated carbocycles. The van der Waals surface area contributed by atoms with Gasteiger partial charge in [-0.25, -0.2) is 9.67 Å². The summed E-state index contributed by atoms with van der Waals surface area (Å²) in [4.78, 5) is 18.0. The van der Waals surface area contributed by atoms with Crippen LogP contribution in [0.1, 0.15) is 27.8 Å². The van der Waals surface area contributed by atoms with Gasteiger partial charge in [0.1, 0.15) is 11.9 Å². The van der Waals surface area contributed by atoms with Gasteiger partial charge in [0.2, 0.25) is 0 Å². The van der Waals surface area contributed by atoms with Crippen molar-refractivity contribution in [3.63, 3.8) is 0 Å². The standard InChI is InChI=1S/C25H20BrN5O/c1-30-22-10-6-5-9-21(22)28-24(30)23(17-7-3-2-4-8-17)29-25(32)18-15-27-31(16-18)20-13-11-19(26)12-14-20/h2-16,23H,1H3,(H,29,32). The number of nitrogens with zero attached hydrogens (tertiary/aromatic N) is 4. The van der Waals surface area contributed by atoms with Crippen LogP contribution < -0.4 is 5.32 Å². The minimum absolute atomic E-state index is 0.214. The summed E-state index contributed by atoms with van der Waals surface area (Å²) in [5.41, 5.74) is 4.22. The van der Waals surface area contributed by atoms with E-state index in [1.165, 1.54) is 0 Å². The van der Waals surface area contributed by atoms with Crippen LogP contribution in [0.3, 0.4) is 0 Å². The molecule has 5 rings (SSSR count). The average Bonchev–Trinajstić information content (AvgIpc) is 3.44. The first-order chi connectivity index (χ1) is 15.6. The Morgan fingerprint density at radius 2 is 1.69 bits per heavy atom. The first-order valence-electron chi connectivity index (χ1n) is 10.2. The van der Waals surface area contributed by atoms with Gasteiger partial charge in [0, 0.05) is 17.7 Å². The van der Waals surface area contributed by atoms with E-state index in [9.17, 15) is 4.79 Å². The summed E-state index contributed by atoms with van der Waals surface area (Å²) >= 11 is 3.43. The Balaban J connectivity index is 1.49. The number of carbonyl (C=O) groups excluding carboxylic acids is 1. The Labute approximate surface area is 193 Å². The van der Waals surface area contributed by atoms with Gasteiger partial charge < -0.3 is 9.88 Å². The fraction of sp³-hybridized carbons (Fsp3) is 0.0800. The van der Waals surface area contributed by atoms with Crippen LogP contribution >= 0.6 is 15.9 Å². The maximum Gasteiger partial charge on any atom is 0.255 e. The average molecular weight is 486 g/mol. The third kappa shape index (κ3) is 3.83. The highest BCUT2D eigenvalue weighted by Gasteiger charge is 2.23. The lowest BCUT2D eigenvalue weighted by Crippen LogP contribution is -2.31. The number of halogens is 1. The Bertz CT molecular complexity index is 1390. The van der Waals surface area contributed by atoms with Crippen LogP contribution in [-0.2, 0) is 7.05 Å². The first kappa shape index (κ1) is 20.2. The van der Waals surface area contributed by atoms with Crippen LogP contribution in [0.25, 0.3) is 16.7 Å². The molecule has 5 aromatic rings. The molecule has 0 fully saturated rings. The van der Waals surface area contributed by atoms with Gasteiger partial charge in [0.05, 0.1) is 28.5 Å². The quantitative estimate of drug-likeness (QED) is 0.379. The summed E-state index contributed by atoms with van der Waals surface area (Å²) < 4.78 is 4.70. The molecule has 158 valence electrons. The lowest BCUT2D eigenvalue weighted by Gasteiger charge is -2.19. The second-order valence-electron chi connectivity index (χ2n) is 7.48. The van der Waals surface area contributed by atoms with Crippen LogP contribution in [-0.4, -0.2) is 25.2 Å². The van der Waals surface area contributed by atoms with E-state index < -0.39 is 6.04 Å². The Hall–Kier alpha value is -3.71. The van der Waals surface area contributed by atoms with Crippen molar-refractivity contribution in [1.29, 1.82) is 0 Å². The molecule has 6 nitrogen and oxygen atoms in total. The minimum atomic E-state index is -0.405. The number of imidazole rings is 1. The molecule has 0 aliphatic rings. The highest BCUT2D eigenvalue weighted by Crippen LogP contribution is 2.25. The first-order valence-corrected chi connectivity index (χ1v) is 11.0. The molecule has 0 radical (unpaired) electrons. The predicted molar refractivity (Wildman–Crippen MR) is 128 cm³/mol. The van der Waals surface area contributed by atoms with Crippen LogP contribution in [0.4, 0.5) is 0 Å². The van der Waals surface area contributed by atoms with E-state index >= 15 is 0 Å². The van der Waals surface area contributed by atoms with Crippen molar-refractivity contribution in [2.75, 3.05) is 0 Å². The number of fused-ring (bicyclic) bond motifs is 1. The SMILES string of the molecule is Cn1c(C(NC(=O)c2cnn(-c3ccc(Br)cc3)c2)c2ccccc2)nc2ccccc21. The number of benzene rings is 3. The largest absolute Gasteiger partial charge is 0.338 e. The molecule has 2 aromatic heterocycles. The molecule has 0 spiro atoms. The van der Waals surface area contributed by atoms with Crippen molar-refractivity contribution >= 4 is 32.9 Å². The molecular weight excluding hydrogens is 466 g/mol. The highest BCUT2D eigenvalue weighted by molar-refractivity contribution is 9.10. The van der Waals surface area contributed by atoms with Gasteiger partial charge in [-0.1, -0.05) is 58.4 Å². The molecule has 3 aromatic carbocycles. The number of nitrogens with one attached hydrogen (secondary N) is 1. The topological polar surface area (TPSA) is 64.7 Å². The molecular formula is C25H20BrN5O. The van der Waals surface area contributed by atoms with Crippen molar-refractivity contribution in [3.05, 3.63) is 113 Å². The molecule has 1 unspecified atom stereocenters. The molecule has 7 heteroatoms. The van der Waals surface area contributed by atoms with Crippen molar-refractivity contribution in [1.82, 2.24) is 24.6 Å². The van der Waals surface area contributed by atoms with Gasteiger partial charge in [0.15, 0.2) is 0 Å². The third-order valence-electron chi connectivity index (χ3n) is 5.42. The van der Waals surface area contributed by atoms with Crippen molar-refractivity contribution in [2.24, 2.45) is 7.05 Å². The Morgan fingerprint density at radius 3 is 2.44 bits per heavy atom. The third-order valence-corrected chi connectivity index (χ3v) is 5.95. The summed E-state index contributed by atoms with van der Waals surface area (Å²) in [7, 11) is 1.97. The van der Waals surface area contributed by atoms with Crippen molar-refractivity contribution < 1.29 is 4.79 Å². The van der Waals surface area contributed by atoms with Crippen molar-refractivity contribution in [2.45, 2.75) is 6.04 Å². The lowest BCUT2D eigenvalue weighted by molar-refractivity contribution is 0.0941.